The SMILES string of the molecule is CC1(C)c2ccccc2-c2cccc(N(c3ccc(-c4ccc5c(c4)c4c6ccccc6c6c7cc8c9ccccc9c9ccccc9c8cc7oc6c4n5-c4nc(-c5cccc(-c6ccccc6)c5)cc(-c5ccccn5)n4)cc3)c3ccc4ccccc4c3)c21. The number of benzene rings is 14. The zero-order valence-electron chi connectivity index (χ0n) is 50.4. The molecule has 0 spiro atoms. The van der Waals surface area contributed by atoms with E-state index in [-0.39, 0.29) is 5.41 Å². The van der Waals surface area contributed by atoms with Gasteiger partial charge in [-0.25, -0.2) is 9.97 Å². The summed E-state index contributed by atoms with van der Waals surface area (Å²) < 4.78 is 9.80. The van der Waals surface area contributed by atoms with E-state index in [1.54, 1.807) is 0 Å². The molecule has 0 unspecified atom stereocenters. The molecule has 4 heterocycles. The lowest BCUT2D eigenvalue weighted by Crippen LogP contribution is -2.20. The van der Waals surface area contributed by atoms with Crippen LogP contribution in [0.2, 0.25) is 0 Å². The summed E-state index contributed by atoms with van der Waals surface area (Å²) in [5.74, 6) is 0.511. The number of rotatable bonds is 8. The van der Waals surface area contributed by atoms with Gasteiger partial charge >= 0.3 is 0 Å². The first kappa shape index (κ1) is 52.0. The van der Waals surface area contributed by atoms with E-state index in [1.807, 2.05) is 24.4 Å². The van der Waals surface area contributed by atoms with Gasteiger partial charge in [-0.05, 0) is 177 Å². The highest BCUT2D eigenvalue weighted by molar-refractivity contribution is 6.37. The van der Waals surface area contributed by atoms with Crippen LogP contribution in [-0.2, 0) is 5.41 Å². The summed E-state index contributed by atoms with van der Waals surface area (Å²) >= 11 is 0. The fourth-order valence-electron chi connectivity index (χ4n) is 15.4. The second-order valence-electron chi connectivity index (χ2n) is 25.0. The summed E-state index contributed by atoms with van der Waals surface area (Å²) in [4.78, 5) is 18.6. The molecule has 0 bridgehead atoms. The molecule has 14 aromatic carbocycles. The van der Waals surface area contributed by atoms with Gasteiger partial charge in [0, 0.05) is 50.1 Å². The Morgan fingerprint density at radius 1 is 0.370 bits per heavy atom. The van der Waals surface area contributed by atoms with E-state index in [9.17, 15) is 0 Å². The molecule has 92 heavy (non-hydrogen) atoms. The van der Waals surface area contributed by atoms with Gasteiger partial charge in [0.25, 0.3) is 0 Å². The minimum absolute atomic E-state index is 0.234. The number of nitrogens with zero attached hydrogens (tertiary/aromatic N) is 5. The quantitative estimate of drug-likeness (QED) is 0.142. The second kappa shape index (κ2) is 20.0. The number of anilines is 3. The molecule has 0 fully saturated rings. The van der Waals surface area contributed by atoms with E-state index in [0.29, 0.717) is 11.6 Å². The zero-order chi connectivity index (χ0) is 60.8. The van der Waals surface area contributed by atoms with E-state index in [4.69, 9.17) is 19.4 Å². The highest BCUT2D eigenvalue weighted by Gasteiger charge is 2.39. The molecule has 0 atom stereocenters. The predicted octanol–water partition coefficient (Wildman–Crippen LogP) is 23.1. The van der Waals surface area contributed by atoms with Gasteiger partial charge < -0.3 is 9.32 Å². The molecule has 430 valence electrons. The van der Waals surface area contributed by atoms with Crippen molar-refractivity contribution in [2.45, 2.75) is 19.3 Å². The normalized spacial score (nSPS) is 12.8. The van der Waals surface area contributed by atoms with Crippen LogP contribution in [0.15, 0.2) is 302 Å². The van der Waals surface area contributed by atoms with Crippen molar-refractivity contribution in [2.24, 2.45) is 0 Å². The highest BCUT2D eigenvalue weighted by atomic mass is 16.3. The molecular weight excluding hydrogens is 1120 g/mol. The van der Waals surface area contributed by atoms with Crippen molar-refractivity contribution in [1.82, 2.24) is 19.5 Å². The first-order valence-corrected chi connectivity index (χ1v) is 31.6. The fourth-order valence-corrected chi connectivity index (χ4v) is 15.4. The molecule has 19 rings (SSSR count). The minimum Gasteiger partial charge on any atom is -0.454 e. The Morgan fingerprint density at radius 3 is 1.75 bits per heavy atom. The number of hydrogen-bond donors (Lipinski definition) is 0. The van der Waals surface area contributed by atoms with Crippen LogP contribution in [0.5, 0.6) is 0 Å². The lowest BCUT2D eigenvalue weighted by molar-refractivity contribution is 0.661. The average Bonchev–Trinajstić information content (AvgIpc) is 1.52. The molecule has 4 aromatic heterocycles. The topological polar surface area (TPSA) is 60.0 Å². The van der Waals surface area contributed by atoms with Crippen LogP contribution in [0.1, 0.15) is 25.0 Å². The lowest BCUT2D eigenvalue weighted by atomic mass is 9.81. The molecule has 0 saturated heterocycles. The summed E-state index contributed by atoms with van der Waals surface area (Å²) in [5.41, 5.74) is 19.4. The van der Waals surface area contributed by atoms with Gasteiger partial charge in [0.15, 0.2) is 5.58 Å². The van der Waals surface area contributed by atoms with Gasteiger partial charge in [-0.3, -0.25) is 9.55 Å². The predicted molar refractivity (Wildman–Crippen MR) is 383 cm³/mol. The molecule has 1 aliphatic rings. The summed E-state index contributed by atoms with van der Waals surface area (Å²) in [5, 5.41) is 16.0. The first-order chi connectivity index (χ1) is 45.4. The van der Waals surface area contributed by atoms with Crippen molar-refractivity contribution >= 4 is 115 Å². The second-order valence-corrected chi connectivity index (χ2v) is 25.0. The average molecular weight is 1170 g/mol. The summed E-state index contributed by atoms with van der Waals surface area (Å²) in [7, 11) is 0. The van der Waals surface area contributed by atoms with Crippen molar-refractivity contribution in [3.8, 4) is 62.0 Å². The summed E-state index contributed by atoms with van der Waals surface area (Å²) in [6.45, 7) is 4.74. The summed E-state index contributed by atoms with van der Waals surface area (Å²) in [6.07, 6.45) is 1.83. The van der Waals surface area contributed by atoms with E-state index in [2.05, 4.69) is 296 Å². The molecule has 0 N–H and O–H groups in total. The molecule has 0 radical (unpaired) electrons. The lowest BCUT2D eigenvalue weighted by Gasteiger charge is -2.32. The third-order valence-electron chi connectivity index (χ3n) is 19.6. The van der Waals surface area contributed by atoms with E-state index >= 15 is 0 Å². The van der Waals surface area contributed by atoms with Crippen LogP contribution >= 0.6 is 0 Å². The van der Waals surface area contributed by atoms with Crippen LogP contribution in [-0.4, -0.2) is 19.5 Å². The largest absolute Gasteiger partial charge is 0.454 e. The standard InChI is InChI=1S/C86H55N5O/c1-86(2)73-34-15-14-30-65(73)68-33-19-36-78(82(68)86)90(60-43-39-53-22-6-7-23-56(53)47-60)59-41-37-54(38-42-59)57-40-44-77-71(48-57)80-66-31-12-13-32-67(66)81-72-49-69-63-28-10-8-26-61(63)62-27-9-11-29-64(62)70(69)50-79(72)92-84(81)83(80)91(77)85-88-75(51-76(89-85)74-35-16-17-45-87-74)58-25-18-24-55(46-58)52-20-4-3-5-21-52/h3-51H,1-2H3. The van der Waals surface area contributed by atoms with Gasteiger partial charge in [-0.1, -0.05) is 226 Å². The maximum absolute atomic E-state index is 7.54. The van der Waals surface area contributed by atoms with Crippen molar-refractivity contribution in [2.75, 3.05) is 4.90 Å². The Bertz CT molecular complexity index is 6100. The Kier molecular flexibility index (Phi) is 11.3. The van der Waals surface area contributed by atoms with Gasteiger partial charge in [0.2, 0.25) is 5.95 Å². The van der Waals surface area contributed by atoms with Crippen LogP contribution in [0.3, 0.4) is 0 Å². The monoisotopic (exact) mass is 1170 g/mol. The maximum atomic E-state index is 7.54. The molecule has 0 aliphatic heterocycles. The number of aromatic nitrogens is 4. The van der Waals surface area contributed by atoms with Crippen LogP contribution < -0.4 is 4.90 Å². The van der Waals surface area contributed by atoms with Gasteiger partial charge in [0.1, 0.15) is 11.1 Å². The minimum atomic E-state index is -0.234. The number of fused-ring (bicyclic) bond motifs is 20. The van der Waals surface area contributed by atoms with Gasteiger partial charge in [-0.2, -0.15) is 0 Å². The molecule has 6 heteroatoms. The molecule has 0 amide bonds. The Hall–Kier alpha value is -12.0. The Balaban J connectivity index is 0.862. The molecule has 0 saturated carbocycles. The Morgan fingerprint density at radius 2 is 0.967 bits per heavy atom. The highest BCUT2D eigenvalue weighted by Crippen LogP contribution is 2.55. The van der Waals surface area contributed by atoms with Crippen LogP contribution in [0, 0.1) is 0 Å². The van der Waals surface area contributed by atoms with Crippen molar-refractivity contribution in [3.05, 3.63) is 309 Å². The van der Waals surface area contributed by atoms with E-state index in [1.165, 1.54) is 65.6 Å². The van der Waals surface area contributed by atoms with Crippen molar-refractivity contribution in [1.29, 1.82) is 0 Å². The first-order valence-electron chi connectivity index (χ1n) is 31.6. The Labute approximate surface area is 530 Å². The smallest absolute Gasteiger partial charge is 0.235 e. The maximum Gasteiger partial charge on any atom is 0.235 e. The van der Waals surface area contributed by atoms with Crippen molar-refractivity contribution < 1.29 is 4.42 Å². The third kappa shape index (κ3) is 7.83. The van der Waals surface area contributed by atoms with Gasteiger partial charge in [-0.15, -0.1) is 0 Å². The van der Waals surface area contributed by atoms with Gasteiger partial charge in [0.05, 0.1) is 28.3 Å². The molecule has 18 aromatic rings. The van der Waals surface area contributed by atoms with Crippen LogP contribution in [0.25, 0.3) is 160 Å². The molecule has 1 aliphatic carbocycles. The molecule has 6 nitrogen and oxygen atoms in total. The van der Waals surface area contributed by atoms with Crippen molar-refractivity contribution in [3.63, 3.8) is 0 Å². The number of furan rings is 1. The fraction of sp³-hybridized carbons (Fsp3) is 0.0349. The molecular formula is C86H55N5O. The number of hydrogen-bond acceptors (Lipinski definition) is 5. The summed E-state index contributed by atoms with van der Waals surface area (Å²) in [6, 6.07) is 106. The zero-order valence-corrected chi connectivity index (χ0v) is 50.4. The van der Waals surface area contributed by atoms with Crippen LogP contribution in [0.4, 0.5) is 17.1 Å². The van der Waals surface area contributed by atoms with E-state index < -0.39 is 0 Å². The number of pyridine rings is 1. The third-order valence-corrected chi connectivity index (χ3v) is 19.6. The van der Waals surface area contributed by atoms with E-state index in [0.717, 1.165) is 110 Å².